The highest BCUT2D eigenvalue weighted by Crippen LogP contribution is 2.24. The molecule has 1 aromatic rings. The quantitative estimate of drug-likeness (QED) is 0.736. The van der Waals surface area contributed by atoms with Gasteiger partial charge in [0.05, 0.1) is 18.1 Å². The average Bonchev–Trinajstić information content (AvgIpc) is 3.30. The molecule has 1 N–H and O–H groups in total. The van der Waals surface area contributed by atoms with Crippen LogP contribution in [0.2, 0.25) is 0 Å². The number of furan rings is 1. The lowest BCUT2D eigenvalue weighted by Gasteiger charge is -2.38. The normalized spacial score (nSPS) is 22.8. The summed E-state index contributed by atoms with van der Waals surface area (Å²) in [5, 5.41) is 2.92. The Hall–Kier alpha value is -1.42. The van der Waals surface area contributed by atoms with Crippen molar-refractivity contribution in [2.45, 2.75) is 31.3 Å². The Morgan fingerprint density at radius 3 is 2.69 bits per heavy atom. The van der Waals surface area contributed by atoms with Gasteiger partial charge in [-0.25, -0.2) is 12.7 Å². The van der Waals surface area contributed by atoms with Gasteiger partial charge in [0.2, 0.25) is 10.0 Å². The lowest BCUT2D eigenvalue weighted by atomic mass is 10.0. The van der Waals surface area contributed by atoms with E-state index in [0.29, 0.717) is 37.8 Å². The molecule has 2 saturated heterocycles. The number of sulfonamides is 1. The molecule has 0 saturated carbocycles. The molecule has 8 nitrogen and oxygen atoms in total. The fourth-order valence-corrected chi connectivity index (χ4v) is 4.64. The van der Waals surface area contributed by atoms with E-state index in [2.05, 4.69) is 10.2 Å². The molecule has 1 amide bonds. The van der Waals surface area contributed by atoms with Gasteiger partial charge in [0.25, 0.3) is 5.91 Å². The van der Waals surface area contributed by atoms with Crippen LogP contribution in [0.5, 0.6) is 0 Å². The molecular formula is C17H27N3O5S. The third-order valence-corrected chi connectivity index (χ3v) is 6.43. The molecule has 1 aromatic heterocycles. The van der Waals surface area contributed by atoms with Gasteiger partial charge in [0, 0.05) is 51.5 Å². The predicted octanol–water partition coefficient (Wildman–Crippen LogP) is 0.524. The summed E-state index contributed by atoms with van der Waals surface area (Å²) in [5.74, 6) is -0.158. The Morgan fingerprint density at radius 2 is 2.08 bits per heavy atom. The summed E-state index contributed by atoms with van der Waals surface area (Å²) in [6.45, 7) is 3.74. The molecule has 0 bridgehead atoms. The SMILES string of the molecule is CS(=O)(=O)N1CCC(N(CCNC(=O)c2ccoc2)C2CCOCC2)C1. The molecule has 3 rings (SSSR count). The van der Waals surface area contributed by atoms with Crippen LogP contribution in [-0.4, -0.2) is 81.3 Å². The van der Waals surface area contributed by atoms with Gasteiger partial charge in [-0.2, -0.15) is 0 Å². The van der Waals surface area contributed by atoms with Crippen molar-refractivity contribution < 1.29 is 22.4 Å². The van der Waals surface area contributed by atoms with E-state index in [1.807, 2.05) is 0 Å². The first kappa shape index (κ1) is 19.3. The van der Waals surface area contributed by atoms with E-state index < -0.39 is 10.0 Å². The number of ether oxygens (including phenoxy) is 1. The van der Waals surface area contributed by atoms with E-state index >= 15 is 0 Å². The Bertz CT molecular complexity index is 685. The molecule has 146 valence electrons. The van der Waals surface area contributed by atoms with E-state index in [4.69, 9.17) is 9.15 Å². The van der Waals surface area contributed by atoms with Crippen LogP contribution in [0.25, 0.3) is 0 Å². The van der Waals surface area contributed by atoms with Crippen LogP contribution < -0.4 is 5.32 Å². The molecule has 2 aliphatic rings. The van der Waals surface area contributed by atoms with Gasteiger partial charge in [0.15, 0.2) is 0 Å². The maximum atomic E-state index is 12.1. The summed E-state index contributed by atoms with van der Waals surface area (Å²) in [6.07, 6.45) is 6.85. The highest BCUT2D eigenvalue weighted by molar-refractivity contribution is 7.88. The molecule has 9 heteroatoms. The third kappa shape index (κ3) is 4.85. The molecule has 1 unspecified atom stereocenters. The predicted molar refractivity (Wildman–Crippen MR) is 96.4 cm³/mol. The minimum Gasteiger partial charge on any atom is -0.472 e. The molecular weight excluding hydrogens is 358 g/mol. The van der Waals surface area contributed by atoms with E-state index in [1.54, 1.807) is 10.4 Å². The minimum absolute atomic E-state index is 0.158. The minimum atomic E-state index is -3.16. The zero-order valence-electron chi connectivity index (χ0n) is 15.1. The zero-order valence-corrected chi connectivity index (χ0v) is 15.9. The lowest BCUT2D eigenvalue weighted by Crippen LogP contribution is -2.50. The van der Waals surface area contributed by atoms with Gasteiger partial charge >= 0.3 is 0 Å². The summed E-state index contributed by atoms with van der Waals surface area (Å²) in [6, 6.07) is 2.17. The molecule has 0 spiro atoms. The van der Waals surface area contributed by atoms with Gasteiger partial charge < -0.3 is 14.5 Å². The van der Waals surface area contributed by atoms with Gasteiger partial charge in [0.1, 0.15) is 6.26 Å². The largest absolute Gasteiger partial charge is 0.472 e. The van der Waals surface area contributed by atoms with Gasteiger partial charge in [-0.15, -0.1) is 0 Å². The molecule has 0 radical (unpaired) electrons. The van der Waals surface area contributed by atoms with E-state index in [9.17, 15) is 13.2 Å². The maximum absolute atomic E-state index is 12.1. The van der Waals surface area contributed by atoms with Crippen LogP contribution in [0, 0.1) is 0 Å². The van der Waals surface area contributed by atoms with Gasteiger partial charge in [-0.3, -0.25) is 9.69 Å². The Balaban J connectivity index is 1.59. The Morgan fingerprint density at radius 1 is 1.31 bits per heavy atom. The number of hydrogen-bond acceptors (Lipinski definition) is 6. The molecule has 0 aromatic carbocycles. The highest BCUT2D eigenvalue weighted by atomic mass is 32.2. The van der Waals surface area contributed by atoms with E-state index in [-0.39, 0.29) is 11.9 Å². The number of amides is 1. The number of carbonyl (C=O) groups is 1. The Labute approximate surface area is 154 Å². The van der Waals surface area contributed by atoms with Crippen molar-refractivity contribution >= 4 is 15.9 Å². The number of hydrogen-bond donors (Lipinski definition) is 1. The van der Waals surface area contributed by atoms with Gasteiger partial charge in [-0.1, -0.05) is 0 Å². The van der Waals surface area contributed by atoms with Crippen LogP contribution in [0.1, 0.15) is 29.6 Å². The van der Waals surface area contributed by atoms with Crippen molar-refractivity contribution in [2.24, 2.45) is 0 Å². The van der Waals surface area contributed by atoms with Crippen molar-refractivity contribution in [1.29, 1.82) is 0 Å². The van der Waals surface area contributed by atoms with Crippen molar-refractivity contribution in [3.8, 4) is 0 Å². The molecule has 2 fully saturated rings. The lowest BCUT2D eigenvalue weighted by molar-refractivity contribution is 0.0194. The number of rotatable bonds is 7. The van der Waals surface area contributed by atoms with Crippen molar-refractivity contribution in [2.75, 3.05) is 45.6 Å². The van der Waals surface area contributed by atoms with Crippen LogP contribution in [0.3, 0.4) is 0 Å². The smallest absolute Gasteiger partial charge is 0.254 e. The second-order valence-electron chi connectivity index (χ2n) is 6.91. The second-order valence-corrected chi connectivity index (χ2v) is 8.90. The number of carbonyl (C=O) groups excluding carboxylic acids is 1. The average molecular weight is 385 g/mol. The van der Waals surface area contributed by atoms with Crippen LogP contribution in [0.15, 0.2) is 23.0 Å². The topological polar surface area (TPSA) is 92.1 Å². The van der Waals surface area contributed by atoms with Crippen molar-refractivity contribution in [3.63, 3.8) is 0 Å². The van der Waals surface area contributed by atoms with Gasteiger partial charge in [-0.05, 0) is 25.3 Å². The monoisotopic (exact) mass is 385 g/mol. The molecule has 0 aliphatic carbocycles. The molecule has 3 heterocycles. The van der Waals surface area contributed by atoms with Crippen molar-refractivity contribution in [3.05, 3.63) is 24.2 Å². The Kier molecular flexibility index (Phi) is 6.33. The maximum Gasteiger partial charge on any atom is 0.254 e. The molecule has 26 heavy (non-hydrogen) atoms. The fraction of sp³-hybridized carbons (Fsp3) is 0.706. The van der Waals surface area contributed by atoms with E-state index in [0.717, 1.165) is 32.5 Å². The first-order chi connectivity index (χ1) is 12.4. The van der Waals surface area contributed by atoms with E-state index in [1.165, 1.54) is 18.8 Å². The number of nitrogens with zero attached hydrogens (tertiary/aromatic N) is 2. The highest BCUT2D eigenvalue weighted by Gasteiger charge is 2.35. The third-order valence-electron chi connectivity index (χ3n) is 5.16. The summed E-state index contributed by atoms with van der Waals surface area (Å²) < 4.78 is 35.6. The first-order valence-electron chi connectivity index (χ1n) is 9.04. The van der Waals surface area contributed by atoms with Crippen molar-refractivity contribution in [1.82, 2.24) is 14.5 Å². The van der Waals surface area contributed by atoms with Crippen LogP contribution in [-0.2, 0) is 14.8 Å². The molecule has 1 atom stereocenters. The summed E-state index contributed by atoms with van der Waals surface area (Å²) in [4.78, 5) is 14.4. The summed E-state index contributed by atoms with van der Waals surface area (Å²) in [5.41, 5.74) is 0.506. The summed E-state index contributed by atoms with van der Waals surface area (Å²) in [7, 11) is -3.16. The summed E-state index contributed by atoms with van der Waals surface area (Å²) >= 11 is 0. The standard InChI is InChI=1S/C17H27N3O5S/c1-26(22,23)19-7-2-16(12-19)20(15-4-10-24-11-5-15)8-6-18-17(21)14-3-9-25-13-14/h3,9,13,15-16H,2,4-8,10-12H2,1H3,(H,18,21). The second kappa shape index (κ2) is 8.51. The fourth-order valence-electron chi connectivity index (χ4n) is 3.76. The first-order valence-corrected chi connectivity index (χ1v) is 10.9. The van der Waals surface area contributed by atoms with Crippen LogP contribution >= 0.6 is 0 Å². The number of nitrogens with one attached hydrogen (secondary N) is 1. The zero-order chi connectivity index (χ0) is 18.6. The van der Waals surface area contributed by atoms with Crippen LogP contribution in [0.4, 0.5) is 0 Å². The molecule has 2 aliphatic heterocycles.